The Labute approximate surface area is 127 Å². The molecule has 0 spiro atoms. The van der Waals surface area contributed by atoms with Gasteiger partial charge in [0.25, 0.3) is 5.91 Å². The number of methoxy groups -OCH3 is 2. The van der Waals surface area contributed by atoms with E-state index in [4.69, 9.17) is 9.47 Å². The van der Waals surface area contributed by atoms with Crippen LogP contribution in [0.2, 0.25) is 0 Å². The lowest BCUT2D eigenvalue weighted by molar-refractivity contribution is 0.0735. The van der Waals surface area contributed by atoms with Crippen LogP contribution < -0.4 is 9.47 Å². The van der Waals surface area contributed by atoms with Gasteiger partial charge in [-0.2, -0.15) is 0 Å². The molecule has 21 heavy (non-hydrogen) atoms. The van der Waals surface area contributed by atoms with E-state index in [2.05, 4.69) is 11.4 Å². The predicted octanol–water partition coefficient (Wildman–Crippen LogP) is 2.96. The number of hydrogen-bond donors (Lipinski definition) is 0. The highest BCUT2D eigenvalue weighted by molar-refractivity contribution is 7.10. The topological polar surface area (TPSA) is 38.8 Å². The SMILES string of the molecule is COc1cc(OC)cc(C(=O)N2CCc3sccc3C2)c1. The second-order valence-electron chi connectivity index (χ2n) is 4.95. The second-order valence-corrected chi connectivity index (χ2v) is 5.95. The Morgan fingerprint density at radius 3 is 2.57 bits per heavy atom. The van der Waals surface area contributed by atoms with Crippen LogP contribution in [-0.4, -0.2) is 31.6 Å². The van der Waals surface area contributed by atoms with Crippen LogP contribution in [0.1, 0.15) is 20.8 Å². The molecule has 0 atom stereocenters. The average Bonchev–Trinajstić information content (AvgIpc) is 3.01. The van der Waals surface area contributed by atoms with E-state index in [0.717, 1.165) is 13.0 Å². The number of nitrogens with zero attached hydrogens (tertiary/aromatic N) is 1. The van der Waals surface area contributed by atoms with Crippen LogP contribution in [0.5, 0.6) is 11.5 Å². The zero-order chi connectivity index (χ0) is 14.8. The molecule has 1 aromatic heterocycles. The van der Waals surface area contributed by atoms with E-state index in [-0.39, 0.29) is 5.91 Å². The van der Waals surface area contributed by atoms with Crippen LogP contribution in [0.3, 0.4) is 0 Å². The molecular weight excluding hydrogens is 286 g/mol. The number of ether oxygens (including phenoxy) is 2. The van der Waals surface area contributed by atoms with Gasteiger partial charge >= 0.3 is 0 Å². The van der Waals surface area contributed by atoms with E-state index in [9.17, 15) is 4.79 Å². The third-order valence-electron chi connectivity index (χ3n) is 3.69. The smallest absolute Gasteiger partial charge is 0.254 e. The number of benzene rings is 1. The number of carbonyl (C=O) groups excluding carboxylic acids is 1. The lowest BCUT2D eigenvalue weighted by atomic mass is 10.1. The lowest BCUT2D eigenvalue weighted by Gasteiger charge is -2.27. The van der Waals surface area contributed by atoms with E-state index in [0.29, 0.717) is 23.6 Å². The van der Waals surface area contributed by atoms with E-state index in [1.54, 1.807) is 43.8 Å². The molecule has 1 aliphatic heterocycles. The first-order chi connectivity index (χ1) is 10.2. The van der Waals surface area contributed by atoms with Crippen molar-refractivity contribution < 1.29 is 14.3 Å². The molecule has 0 saturated carbocycles. The largest absolute Gasteiger partial charge is 0.497 e. The highest BCUT2D eigenvalue weighted by Crippen LogP contribution is 2.27. The maximum atomic E-state index is 12.7. The summed E-state index contributed by atoms with van der Waals surface area (Å²) in [4.78, 5) is 16.0. The van der Waals surface area contributed by atoms with Crippen LogP contribution in [0.4, 0.5) is 0 Å². The summed E-state index contributed by atoms with van der Waals surface area (Å²) in [5.41, 5.74) is 1.86. The molecular formula is C16H17NO3S. The Balaban J connectivity index is 1.85. The van der Waals surface area contributed by atoms with Crippen LogP contribution in [0.25, 0.3) is 0 Å². The fourth-order valence-electron chi connectivity index (χ4n) is 2.54. The zero-order valence-corrected chi connectivity index (χ0v) is 12.9. The summed E-state index contributed by atoms with van der Waals surface area (Å²) < 4.78 is 10.5. The Morgan fingerprint density at radius 2 is 1.90 bits per heavy atom. The van der Waals surface area contributed by atoms with Crippen molar-refractivity contribution in [2.24, 2.45) is 0 Å². The van der Waals surface area contributed by atoms with Crippen molar-refractivity contribution in [3.05, 3.63) is 45.6 Å². The molecule has 1 aliphatic rings. The average molecular weight is 303 g/mol. The molecule has 5 heteroatoms. The summed E-state index contributed by atoms with van der Waals surface area (Å²) in [5.74, 6) is 1.28. The summed E-state index contributed by atoms with van der Waals surface area (Å²) in [6.45, 7) is 1.43. The van der Waals surface area contributed by atoms with Crippen LogP contribution in [0, 0.1) is 0 Å². The minimum atomic E-state index is 0.0176. The van der Waals surface area contributed by atoms with Crippen molar-refractivity contribution in [3.8, 4) is 11.5 Å². The summed E-state index contributed by atoms with van der Waals surface area (Å²) in [5, 5.41) is 2.09. The van der Waals surface area contributed by atoms with Crippen molar-refractivity contribution in [1.29, 1.82) is 0 Å². The van der Waals surface area contributed by atoms with Crippen molar-refractivity contribution in [3.63, 3.8) is 0 Å². The molecule has 0 radical (unpaired) electrons. The molecule has 0 aliphatic carbocycles. The molecule has 2 aromatic rings. The first-order valence-electron chi connectivity index (χ1n) is 6.79. The fraction of sp³-hybridized carbons (Fsp3) is 0.312. The molecule has 0 fully saturated rings. The molecule has 0 unspecified atom stereocenters. The second kappa shape index (κ2) is 5.77. The molecule has 3 rings (SSSR count). The van der Waals surface area contributed by atoms with Gasteiger partial charge in [-0.15, -0.1) is 11.3 Å². The first kappa shape index (κ1) is 13.9. The normalized spacial score (nSPS) is 13.7. The Bertz CT molecular complexity index is 643. The van der Waals surface area contributed by atoms with E-state index in [1.807, 2.05) is 4.90 Å². The maximum Gasteiger partial charge on any atom is 0.254 e. The number of thiophene rings is 1. The number of fused-ring (bicyclic) bond motifs is 1. The summed E-state index contributed by atoms with van der Waals surface area (Å²) in [7, 11) is 3.17. The van der Waals surface area contributed by atoms with Gasteiger partial charge in [0, 0.05) is 29.6 Å². The quantitative estimate of drug-likeness (QED) is 0.875. The van der Waals surface area contributed by atoms with Crippen molar-refractivity contribution >= 4 is 17.2 Å². The summed E-state index contributed by atoms with van der Waals surface area (Å²) in [6.07, 6.45) is 0.930. The highest BCUT2D eigenvalue weighted by Gasteiger charge is 2.23. The van der Waals surface area contributed by atoms with Gasteiger partial charge in [0.15, 0.2) is 0 Å². The first-order valence-corrected chi connectivity index (χ1v) is 7.67. The molecule has 4 nitrogen and oxygen atoms in total. The monoisotopic (exact) mass is 303 g/mol. The van der Waals surface area contributed by atoms with Gasteiger partial charge in [-0.05, 0) is 35.6 Å². The maximum absolute atomic E-state index is 12.7. The summed E-state index contributed by atoms with van der Waals surface area (Å²) in [6, 6.07) is 7.39. The predicted molar refractivity (Wildman–Crippen MR) is 82.3 cm³/mol. The number of amides is 1. The lowest BCUT2D eigenvalue weighted by Crippen LogP contribution is -2.35. The molecule has 110 valence electrons. The van der Waals surface area contributed by atoms with Crippen molar-refractivity contribution in [1.82, 2.24) is 4.90 Å². The van der Waals surface area contributed by atoms with E-state index < -0.39 is 0 Å². The standard InChI is InChI=1S/C16H17NO3S/c1-19-13-7-12(8-14(9-13)20-2)16(18)17-5-3-15-11(10-17)4-6-21-15/h4,6-9H,3,5,10H2,1-2H3. The van der Waals surface area contributed by atoms with Crippen LogP contribution >= 0.6 is 11.3 Å². The number of rotatable bonds is 3. The van der Waals surface area contributed by atoms with Crippen LogP contribution in [-0.2, 0) is 13.0 Å². The van der Waals surface area contributed by atoms with Gasteiger partial charge in [0.2, 0.25) is 0 Å². The molecule has 0 N–H and O–H groups in total. The van der Waals surface area contributed by atoms with Gasteiger partial charge in [-0.1, -0.05) is 0 Å². The van der Waals surface area contributed by atoms with Crippen molar-refractivity contribution in [2.75, 3.05) is 20.8 Å². The molecule has 0 saturated heterocycles. The van der Waals surface area contributed by atoms with Gasteiger partial charge < -0.3 is 14.4 Å². The van der Waals surface area contributed by atoms with Gasteiger partial charge in [-0.25, -0.2) is 0 Å². The number of hydrogen-bond acceptors (Lipinski definition) is 4. The molecule has 0 bridgehead atoms. The van der Waals surface area contributed by atoms with Gasteiger partial charge in [0.05, 0.1) is 14.2 Å². The number of carbonyl (C=O) groups is 1. The van der Waals surface area contributed by atoms with Crippen molar-refractivity contribution in [2.45, 2.75) is 13.0 Å². The molecule has 2 heterocycles. The van der Waals surface area contributed by atoms with E-state index >= 15 is 0 Å². The Hall–Kier alpha value is -2.01. The van der Waals surface area contributed by atoms with Gasteiger partial charge in [0.1, 0.15) is 11.5 Å². The Morgan fingerprint density at radius 1 is 1.19 bits per heavy atom. The minimum absolute atomic E-state index is 0.0176. The Kier molecular flexibility index (Phi) is 3.84. The zero-order valence-electron chi connectivity index (χ0n) is 12.1. The molecule has 1 aromatic carbocycles. The van der Waals surface area contributed by atoms with Gasteiger partial charge in [-0.3, -0.25) is 4.79 Å². The van der Waals surface area contributed by atoms with Crippen LogP contribution in [0.15, 0.2) is 29.6 Å². The third-order valence-corrected chi connectivity index (χ3v) is 4.72. The molecule has 1 amide bonds. The fourth-order valence-corrected chi connectivity index (χ4v) is 3.42. The summed E-state index contributed by atoms with van der Waals surface area (Å²) >= 11 is 1.77. The minimum Gasteiger partial charge on any atom is -0.497 e. The van der Waals surface area contributed by atoms with E-state index in [1.165, 1.54) is 10.4 Å². The third kappa shape index (κ3) is 2.74. The highest BCUT2D eigenvalue weighted by atomic mass is 32.1.